The Morgan fingerprint density at radius 2 is 1.21 bits per heavy atom. The maximum Gasteiger partial charge on any atom is 0.341 e. The standard InChI is InChI=1S/C18H15F2N5O3.C13H8F3NO3/c19-13-5-11-15(24(9-1-2-9)8-12(17(11)26)18(27)28)14(20)16(13)23-6-10(7-23)25-4-3-21-22-25;14-8-3-6-11(10(16)9(8)15)17(5-1-2-5)4-7(12(6)18)13(19)20/h3-5,8-10H,1-2,6-7H2,(H,27,28);3-5H,1-2H2,(H,19,20). The Bertz CT molecular complexity index is 2290. The summed E-state index contributed by atoms with van der Waals surface area (Å²) in [5.41, 5.74) is -3.62. The van der Waals surface area contributed by atoms with E-state index in [1.165, 1.54) is 21.5 Å². The van der Waals surface area contributed by atoms with Crippen molar-refractivity contribution in [2.24, 2.45) is 0 Å². The van der Waals surface area contributed by atoms with Crippen LogP contribution in [0.3, 0.4) is 0 Å². The zero-order chi connectivity index (χ0) is 34.2. The van der Waals surface area contributed by atoms with E-state index in [0.717, 1.165) is 25.1 Å². The smallest absolute Gasteiger partial charge is 0.341 e. The number of rotatable bonds is 6. The molecule has 0 bridgehead atoms. The summed E-state index contributed by atoms with van der Waals surface area (Å²) in [4.78, 5) is 48.4. The van der Waals surface area contributed by atoms with E-state index in [1.807, 2.05) is 0 Å². The van der Waals surface area contributed by atoms with Crippen molar-refractivity contribution in [3.05, 3.63) is 97.6 Å². The molecular weight excluding hydrogens is 647 g/mol. The molecule has 4 heterocycles. The molecule has 2 aromatic carbocycles. The zero-order valence-corrected chi connectivity index (χ0v) is 24.5. The Morgan fingerprint density at radius 3 is 1.67 bits per heavy atom. The van der Waals surface area contributed by atoms with E-state index < -0.39 is 68.4 Å². The molecule has 1 aliphatic heterocycles. The fourth-order valence-corrected chi connectivity index (χ4v) is 5.94. The third kappa shape index (κ3) is 5.05. The van der Waals surface area contributed by atoms with Gasteiger partial charge >= 0.3 is 11.9 Å². The van der Waals surface area contributed by atoms with Crippen molar-refractivity contribution in [3.8, 4) is 0 Å². The molecule has 2 saturated carbocycles. The molecule has 5 aromatic rings. The Morgan fingerprint density at radius 1 is 0.708 bits per heavy atom. The maximum absolute atomic E-state index is 15.4. The quantitative estimate of drug-likeness (QED) is 0.198. The molecule has 48 heavy (non-hydrogen) atoms. The average Bonchev–Trinajstić information content (AvgIpc) is 3.96. The van der Waals surface area contributed by atoms with Gasteiger partial charge in [-0.2, -0.15) is 0 Å². The van der Waals surface area contributed by atoms with Gasteiger partial charge in [-0.3, -0.25) is 9.59 Å². The van der Waals surface area contributed by atoms with Crippen LogP contribution in [0.2, 0.25) is 0 Å². The lowest BCUT2D eigenvalue weighted by Gasteiger charge is -2.41. The van der Waals surface area contributed by atoms with Crippen molar-refractivity contribution in [3.63, 3.8) is 0 Å². The fourth-order valence-electron chi connectivity index (χ4n) is 5.94. The van der Waals surface area contributed by atoms with Crippen molar-refractivity contribution in [2.45, 2.75) is 43.8 Å². The summed E-state index contributed by atoms with van der Waals surface area (Å²) in [7, 11) is 0. The summed E-state index contributed by atoms with van der Waals surface area (Å²) < 4.78 is 75.0. The summed E-state index contributed by atoms with van der Waals surface area (Å²) in [6.07, 6.45) is 8.21. The van der Waals surface area contributed by atoms with Crippen LogP contribution in [0.5, 0.6) is 0 Å². The SMILES string of the molecule is O=C(O)c1cn(C2CC2)c2c(F)c(F)c(F)cc2c1=O.O=C(O)c1cn(C2CC2)c2c(F)c(N3CC(n4ccnn4)C3)c(F)cc2c1=O. The van der Waals surface area contributed by atoms with Gasteiger partial charge in [0.05, 0.1) is 34.0 Å². The molecule has 248 valence electrons. The minimum Gasteiger partial charge on any atom is -0.477 e. The first kappa shape index (κ1) is 31.0. The monoisotopic (exact) mass is 670 g/mol. The highest BCUT2D eigenvalue weighted by atomic mass is 19.2. The fraction of sp³-hybridized carbons (Fsp3) is 0.290. The van der Waals surface area contributed by atoms with Gasteiger partial charge in [-0.1, -0.05) is 5.21 Å². The van der Waals surface area contributed by atoms with E-state index in [-0.39, 0.29) is 40.2 Å². The lowest BCUT2D eigenvalue weighted by atomic mass is 10.0. The largest absolute Gasteiger partial charge is 0.477 e. The third-order valence-corrected chi connectivity index (χ3v) is 8.67. The lowest BCUT2D eigenvalue weighted by Crippen LogP contribution is -2.49. The number of carboxylic acid groups (broad SMARTS) is 2. The first-order chi connectivity index (χ1) is 22.9. The van der Waals surface area contributed by atoms with Crippen LogP contribution in [0.15, 0.2) is 46.5 Å². The van der Waals surface area contributed by atoms with Gasteiger partial charge in [-0.25, -0.2) is 36.2 Å². The number of halogens is 5. The molecule has 3 fully saturated rings. The predicted octanol–water partition coefficient (Wildman–Crippen LogP) is 4.42. The van der Waals surface area contributed by atoms with Gasteiger partial charge in [0.1, 0.15) is 22.6 Å². The third-order valence-electron chi connectivity index (χ3n) is 8.67. The summed E-state index contributed by atoms with van der Waals surface area (Å²) in [6.45, 7) is 0.702. The molecule has 17 heteroatoms. The van der Waals surface area contributed by atoms with Crippen molar-refractivity contribution in [1.29, 1.82) is 0 Å². The van der Waals surface area contributed by atoms with E-state index in [9.17, 15) is 41.8 Å². The molecule has 3 aromatic heterocycles. The summed E-state index contributed by atoms with van der Waals surface area (Å²) in [5, 5.41) is 25.2. The van der Waals surface area contributed by atoms with Gasteiger partial charge in [-0.15, -0.1) is 5.10 Å². The van der Waals surface area contributed by atoms with Crippen LogP contribution in [-0.4, -0.2) is 59.4 Å². The highest BCUT2D eigenvalue weighted by Gasteiger charge is 2.36. The molecule has 0 unspecified atom stereocenters. The number of aromatic nitrogens is 5. The maximum atomic E-state index is 15.4. The second-order valence-electron chi connectivity index (χ2n) is 11.9. The highest BCUT2D eigenvalue weighted by Crippen LogP contribution is 2.41. The van der Waals surface area contributed by atoms with Crippen molar-refractivity contribution >= 4 is 39.4 Å². The van der Waals surface area contributed by atoms with E-state index in [4.69, 9.17) is 5.11 Å². The first-order valence-corrected chi connectivity index (χ1v) is 14.7. The summed E-state index contributed by atoms with van der Waals surface area (Å²) in [6, 6.07) is 1.16. The number of carboxylic acids is 2. The van der Waals surface area contributed by atoms with Gasteiger partial charge in [0, 0.05) is 43.8 Å². The Hall–Kier alpha value is -5.61. The predicted molar refractivity (Wildman–Crippen MR) is 158 cm³/mol. The Labute approximate surface area is 264 Å². The summed E-state index contributed by atoms with van der Waals surface area (Å²) >= 11 is 0. The Balaban J connectivity index is 0.000000161. The minimum absolute atomic E-state index is 0.0434. The molecular formula is C31H23F5N6O6. The van der Waals surface area contributed by atoms with Gasteiger partial charge in [0.2, 0.25) is 10.9 Å². The van der Waals surface area contributed by atoms with Crippen LogP contribution in [0.25, 0.3) is 21.8 Å². The van der Waals surface area contributed by atoms with Gasteiger partial charge < -0.3 is 24.2 Å². The number of carbonyl (C=O) groups is 2. The lowest BCUT2D eigenvalue weighted by molar-refractivity contribution is 0.0684. The van der Waals surface area contributed by atoms with Crippen LogP contribution in [0.1, 0.15) is 64.5 Å². The van der Waals surface area contributed by atoms with E-state index >= 15 is 4.39 Å². The van der Waals surface area contributed by atoms with E-state index in [0.29, 0.717) is 32.0 Å². The molecule has 0 radical (unpaired) electrons. The first-order valence-electron chi connectivity index (χ1n) is 14.7. The van der Waals surface area contributed by atoms with Crippen LogP contribution < -0.4 is 15.8 Å². The second-order valence-corrected chi connectivity index (χ2v) is 11.9. The van der Waals surface area contributed by atoms with E-state index in [1.54, 1.807) is 15.8 Å². The number of hydrogen-bond acceptors (Lipinski definition) is 7. The molecule has 0 amide bonds. The van der Waals surface area contributed by atoms with Crippen LogP contribution in [0.4, 0.5) is 27.6 Å². The van der Waals surface area contributed by atoms with Crippen LogP contribution >= 0.6 is 0 Å². The molecule has 1 saturated heterocycles. The number of pyridine rings is 2. The zero-order valence-electron chi connectivity index (χ0n) is 24.5. The number of hydrogen-bond donors (Lipinski definition) is 2. The molecule has 8 rings (SSSR count). The van der Waals surface area contributed by atoms with Crippen molar-refractivity contribution in [2.75, 3.05) is 18.0 Å². The Kier molecular flexibility index (Phi) is 7.28. The normalized spacial score (nSPS) is 16.1. The number of benzene rings is 2. The topological polar surface area (TPSA) is 153 Å². The van der Waals surface area contributed by atoms with Crippen LogP contribution in [0, 0.1) is 29.1 Å². The molecule has 0 atom stereocenters. The molecule has 2 aliphatic carbocycles. The average molecular weight is 671 g/mol. The number of anilines is 1. The number of fused-ring (bicyclic) bond motifs is 2. The van der Waals surface area contributed by atoms with Gasteiger partial charge in [0.25, 0.3) is 0 Å². The van der Waals surface area contributed by atoms with E-state index in [2.05, 4.69) is 10.3 Å². The van der Waals surface area contributed by atoms with Crippen molar-refractivity contribution in [1.82, 2.24) is 24.1 Å². The second kappa shape index (κ2) is 11.3. The molecule has 12 nitrogen and oxygen atoms in total. The van der Waals surface area contributed by atoms with Gasteiger partial charge in [0.15, 0.2) is 23.3 Å². The highest BCUT2D eigenvalue weighted by molar-refractivity contribution is 5.94. The molecule has 0 spiro atoms. The van der Waals surface area contributed by atoms with Gasteiger partial charge in [-0.05, 0) is 37.8 Å². The molecule has 3 aliphatic rings. The van der Waals surface area contributed by atoms with Crippen molar-refractivity contribution < 1.29 is 41.8 Å². The molecule has 2 N–H and O–H groups in total. The summed E-state index contributed by atoms with van der Waals surface area (Å²) in [5.74, 6) is -9.29. The number of aromatic carboxylic acids is 2. The van der Waals surface area contributed by atoms with Crippen LogP contribution in [-0.2, 0) is 0 Å². The number of nitrogens with zero attached hydrogens (tertiary/aromatic N) is 6. The minimum atomic E-state index is -1.67.